The maximum Gasteiger partial charge on any atom is 0.410 e. The first kappa shape index (κ1) is 17.2. The molecule has 1 aliphatic carbocycles. The van der Waals surface area contributed by atoms with Crippen molar-refractivity contribution in [2.24, 2.45) is 5.73 Å². The van der Waals surface area contributed by atoms with Crippen molar-refractivity contribution in [3.63, 3.8) is 0 Å². The van der Waals surface area contributed by atoms with Crippen molar-refractivity contribution in [1.82, 2.24) is 10.2 Å². The first-order valence-electron chi connectivity index (χ1n) is 7.65. The minimum atomic E-state index is -0.430. The molecule has 0 heterocycles. The molecule has 0 aromatic heterocycles. The van der Waals surface area contributed by atoms with Gasteiger partial charge in [0.05, 0.1) is 0 Å². The molecule has 5 heteroatoms. The van der Waals surface area contributed by atoms with Gasteiger partial charge in [0.15, 0.2) is 0 Å². The van der Waals surface area contributed by atoms with Crippen LogP contribution >= 0.6 is 0 Å². The minimum Gasteiger partial charge on any atom is -0.444 e. The lowest BCUT2D eigenvalue weighted by Crippen LogP contribution is -2.47. The first-order chi connectivity index (χ1) is 9.23. The van der Waals surface area contributed by atoms with Gasteiger partial charge in [-0.1, -0.05) is 0 Å². The maximum absolute atomic E-state index is 12.0. The molecule has 0 aliphatic heterocycles. The Labute approximate surface area is 123 Å². The number of ether oxygens (including phenoxy) is 1. The predicted molar refractivity (Wildman–Crippen MR) is 81.7 cm³/mol. The second-order valence-electron chi connectivity index (χ2n) is 6.90. The fourth-order valence-electron chi connectivity index (χ4n) is 2.58. The Hall–Kier alpha value is -0.810. The SMILES string of the molecule is CC(CN)NC1CCC(N(C)C(=O)OC(C)(C)C)CC1. The van der Waals surface area contributed by atoms with Crippen LogP contribution in [0.1, 0.15) is 53.4 Å². The third kappa shape index (κ3) is 5.67. The summed E-state index contributed by atoms with van der Waals surface area (Å²) < 4.78 is 5.42. The zero-order chi connectivity index (χ0) is 15.3. The van der Waals surface area contributed by atoms with Gasteiger partial charge in [-0.25, -0.2) is 4.79 Å². The lowest BCUT2D eigenvalue weighted by atomic mass is 9.90. The van der Waals surface area contributed by atoms with E-state index in [1.807, 2.05) is 27.8 Å². The van der Waals surface area contributed by atoms with Gasteiger partial charge >= 0.3 is 6.09 Å². The molecule has 1 saturated carbocycles. The van der Waals surface area contributed by atoms with Crippen molar-refractivity contribution in [2.45, 2.75) is 77.1 Å². The summed E-state index contributed by atoms with van der Waals surface area (Å²) >= 11 is 0. The normalized spacial score (nSPS) is 25.1. The topological polar surface area (TPSA) is 67.6 Å². The Kier molecular flexibility index (Phi) is 6.27. The average molecular weight is 285 g/mol. The predicted octanol–water partition coefficient (Wildman–Crippen LogP) is 2.10. The largest absolute Gasteiger partial charge is 0.444 e. The van der Waals surface area contributed by atoms with E-state index in [2.05, 4.69) is 12.2 Å². The monoisotopic (exact) mass is 285 g/mol. The molecule has 0 saturated heterocycles. The lowest BCUT2D eigenvalue weighted by Gasteiger charge is -2.36. The summed E-state index contributed by atoms with van der Waals surface area (Å²) in [5.41, 5.74) is 5.20. The standard InChI is InChI=1S/C15H31N3O2/c1-11(10-16)17-12-6-8-13(9-7-12)18(5)14(19)20-15(2,3)4/h11-13,17H,6-10,16H2,1-5H3. The van der Waals surface area contributed by atoms with E-state index in [0.29, 0.717) is 18.6 Å². The number of nitrogens with zero attached hydrogens (tertiary/aromatic N) is 1. The average Bonchev–Trinajstić information content (AvgIpc) is 2.36. The molecule has 0 aromatic carbocycles. The molecular weight excluding hydrogens is 254 g/mol. The molecule has 1 unspecified atom stereocenters. The highest BCUT2D eigenvalue weighted by Crippen LogP contribution is 2.24. The summed E-state index contributed by atoms with van der Waals surface area (Å²) in [6.45, 7) is 8.46. The van der Waals surface area contributed by atoms with Crippen LogP contribution in [0.5, 0.6) is 0 Å². The number of rotatable bonds is 4. The molecule has 1 aliphatic rings. The number of nitrogens with two attached hydrogens (primary N) is 1. The molecule has 1 amide bonds. The molecule has 0 radical (unpaired) electrons. The van der Waals surface area contributed by atoms with Gasteiger partial charge in [0.2, 0.25) is 0 Å². The minimum absolute atomic E-state index is 0.218. The van der Waals surface area contributed by atoms with Crippen molar-refractivity contribution in [3.05, 3.63) is 0 Å². The summed E-state index contributed by atoms with van der Waals surface area (Å²) in [6, 6.07) is 1.17. The fraction of sp³-hybridized carbons (Fsp3) is 0.933. The number of hydrogen-bond acceptors (Lipinski definition) is 4. The number of amides is 1. The third-order valence-electron chi connectivity index (χ3n) is 3.80. The van der Waals surface area contributed by atoms with Crippen LogP contribution in [0.2, 0.25) is 0 Å². The van der Waals surface area contributed by atoms with Gasteiger partial charge < -0.3 is 20.7 Å². The van der Waals surface area contributed by atoms with Crippen molar-refractivity contribution in [1.29, 1.82) is 0 Å². The molecule has 1 atom stereocenters. The van der Waals surface area contributed by atoms with Gasteiger partial charge in [-0.15, -0.1) is 0 Å². The van der Waals surface area contributed by atoms with Gasteiger partial charge in [0, 0.05) is 31.7 Å². The van der Waals surface area contributed by atoms with Crippen molar-refractivity contribution in [2.75, 3.05) is 13.6 Å². The molecule has 3 N–H and O–H groups in total. The molecule has 0 spiro atoms. The van der Waals surface area contributed by atoms with Crippen LogP contribution in [0.15, 0.2) is 0 Å². The van der Waals surface area contributed by atoms with Gasteiger partial charge in [-0.3, -0.25) is 0 Å². The maximum atomic E-state index is 12.0. The number of hydrogen-bond donors (Lipinski definition) is 2. The summed E-state index contributed by atoms with van der Waals surface area (Å²) in [6.07, 6.45) is 3.99. The molecule has 1 rings (SSSR count). The van der Waals surface area contributed by atoms with Crippen LogP contribution in [-0.2, 0) is 4.74 Å². The summed E-state index contributed by atoms with van der Waals surface area (Å²) in [5.74, 6) is 0. The van der Waals surface area contributed by atoms with Gasteiger partial charge in [-0.05, 0) is 53.4 Å². The Morgan fingerprint density at radius 3 is 2.35 bits per heavy atom. The molecule has 1 fully saturated rings. The third-order valence-corrected chi connectivity index (χ3v) is 3.80. The second kappa shape index (κ2) is 7.27. The van der Waals surface area contributed by atoms with Crippen LogP contribution < -0.4 is 11.1 Å². The molecule has 5 nitrogen and oxygen atoms in total. The van der Waals surface area contributed by atoms with Gasteiger partial charge in [0.25, 0.3) is 0 Å². The molecule has 0 aromatic rings. The Morgan fingerprint density at radius 1 is 1.35 bits per heavy atom. The van der Waals surface area contributed by atoms with E-state index in [1.165, 1.54) is 0 Å². The number of nitrogens with one attached hydrogen (secondary N) is 1. The molecule has 20 heavy (non-hydrogen) atoms. The summed E-state index contributed by atoms with van der Waals surface area (Å²) in [4.78, 5) is 13.8. The van der Waals surface area contributed by atoms with Crippen LogP contribution in [0.3, 0.4) is 0 Å². The molecule has 118 valence electrons. The second-order valence-corrected chi connectivity index (χ2v) is 6.90. The van der Waals surface area contributed by atoms with E-state index in [4.69, 9.17) is 10.5 Å². The van der Waals surface area contributed by atoms with Crippen LogP contribution in [0.4, 0.5) is 4.79 Å². The van der Waals surface area contributed by atoms with E-state index in [0.717, 1.165) is 25.7 Å². The summed E-state index contributed by atoms with van der Waals surface area (Å²) in [5, 5.41) is 3.54. The molecule has 0 bridgehead atoms. The number of carbonyl (C=O) groups is 1. The highest BCUT2D eigenvalue weighted by molar-refractivity contribution is 5.68. The van der Waals surface area contributed by atoms with Crippen molar-refractivity contribution in [3.8, 4) is 0 Å². The van der Waals surface area contributed by atoms with E-state index in [-0.39, 0.29) is 12.1 Å². The first-order valence-corrected chi connectivity index (χ1v) is 7.65. The zero-order valence-corrected chi connectivity index (χ0v) is 13.6. The number of carbonyl (C=O) groups excluding carboxylic acids is 1. The van der Waals surface area contributed by atoms with E-state index in [1.54, 1.807) is 4.90 Å². The van der Waals surface area contributed by atoms with Crippen molar-refractivity contribution < 1.29 is 9.53 Å². The quantitative estimate of drug-likeness (QED) is 0.830. The smallest absolute Gasteiger partial charge is 0.410 e. The fourth-order valence-corrected chi connectivity index (χ4v) is 2.58. The van der Waals surface area contributed by atoms with Crippen LogP contribution in [-0.4, -0.2) is 48.3 Å². The van der Waals surface area contributed by atoms with Gasteiger partial charge in [-0.2, -0.15) is 0 Å². The van der Waals surface area contributed by atoms with E-state index < -0.39 is 5.60 Å². The van der Waals surface area contributed by atoms with Gasteiger partial charge in [0.1, 0.15) is 5.60 Å². The highest BCUT2D eigenvalue weighted by Gasteiger charge is 2.29. The molecular formula is C15H31N3O2. The van der Waals surface area contributed by atoms with Crippen molar-refractivity contribution >= 4 is 6.09 Å². The van der Waals surface area contributed by atoms with Crippen LogP contribution in [0.25, 0.3) is 0 Å². The Morgan fingerprint density at radius 2 is 1.90 bits per heavy atom. The lowest BCUT2D eigenvalue weighted by molar-refractivity contribution is 0.0178. The van der Waals surface area contributed by atoms with E-state index >= 15 is 0 Å². The Bertz CT molecular complexity index is 307. The zero-order valence-electron chi connectivity index (χ0n) is 13.6. The summed E-state index contributed by atoms with van der Waals surface area (Å²) in [7, 11) is 1.84. The van der Waals surface area contributed by atoms with Crippen LogP contribution in [0, 0.1) is 0 Å². The highest BCUT2D eigenvalue weighted by atomic mass is 16.6. The van der Waals surface area contributed by atoms with E-state index in [9.17, 15) is 4.79 Å². The Balaban J connectivity index is 2.39.